The molecule has 1 unspecified atom stereocenters. The van der Waals surface area contributed by atoms with E-state index in [0.29, 0.717) is 5.78 Å². The van der Waals surface area contributed by atoms with Crippen molar-refractivity contribution in [2.24, 2.45) is 5.92 Å². The minimum atomic E-state index is 0.259. The fourth-order valence-corrected chi connectivity index (χ4v) is 2.66. The zero-order chi connectivity index (χ0) is 12.3. The summed E-state index contributed by atoms with van der Waals surface area (Å²) in [4.78, 5) is 14.1. The molecular formula is C15H21NO. The van der Waals surface area contributed by atoms with Crippen molar-refractivity contribution in [3.63, 3.8) is 0 Å². The fraction of sp³-hybridized carbons (Fsp3) is 0.533. The Morgan fingerprint density at radius 2 is 2.12 bits per heavy atom. The maximum atomic E-state index is 11.7. The van der Waals surface area contributed by atoms with Crippen molar-refractivity contribution in [3.05, 3.63) is 29.8 Å². The van der Waals surface area contributed by atoms with Crippen LogP contribution in [0.15, 0.2) is 24.3 Å². The molecule has 0 aliphatic heterocycles. The highest BCUT2D eigenvalue weighted by Crippen LogP contribution is 2.26. The summed E-state index contributed by atoms with van der Waals surface area (Å²) in [5.41, 5.74) is 2.56. The zero-order valence-corrected chi connectivity index (χ0v) is 10.8. The van der Waals surface area contributed by atoms with E-state index in [9.17, 15) is 4.79 Å². The summed E-state index contributed by atoms with van der Waals surface area (Å²) < 4.78 is 0. The lowest BCUT2D eigenvalue weighted by molar-refractivity contribution is -0.120. The van der Waals surface area contributed by atoms with E-state index in [0.717, 1.165) is 32.4 Å². The average molecular weight is 231 g/mol. The molecule has 1 saturated carbocycles. The maximum Gasteiger partial charge on any atom is 0.137 e. The van der Waals surface area contributed by atoms with E-state index in [2.05, 4.69) is 43.0 Å². The molecule has 1 aliphatic rings. The third-order valence-corrected chi connectivity index (χ3v) is 3.71. The second kappa shape index (κ2) is 5.35. The Morgan fingerprint density at radius 1 is 1.35 bits per heavy atom. The monoisotopic (exact) mass is 231 g/mol. The molecule has 1 aliphatic carbocycles. The molecule has 2 nitrogen and oxygen atoms in total. The highest BCUT2D eigenvalue weighted by molar-refractivity contribution is 5.83. The summed E-state index contributed by atoms with van der Waals surface area (Å²) in [5, 5.41) is 0. The van der Waals surface area contributed by atoms with Gasteiger partial charge < -0.3 is 4.90 Å². The first-order valence-corrected chi connectivity index (χ1v) is 6.55. The van der Waals surface area contributed by atoms with Crippen molar-refractivity contribution < 1.29 is 4.79 Å². The van der Waals surface area contributed by atoms with E-state index in [1.165, 1.54) is 11.3 Å². The Kier molecular flexibility index (Phi) is 3.82. The molecular weight excluding hydrogens is 210 g/mol. The largest absolute Gasteiger partial charge is 0.371 e. The second-order valence-corrected chi connectivity index (χ2v) is 4.88. The minimum Gasteiger partial charge on any atom is -0.371 e. The molecule has 2 rings (SSSR count). The molecule has 92 valence electrons. The van der Waals surface area contributed by atoms with Gasteiger partial charge in [0.2, 0.25) is 0 Å². The first-order valence-electron chi connectivity index (χ1n) is 6.55. The number of carbonyl (C=O) groups excluding carboxylic acids is 1. The predicted molar refractivity (Wildman–Crippen MR) is 71.4 cm³/mol. The summed E-state index contributed by atoms with van der Waals surface area (Å²) in [6.45, 7) is 6.15. The number of hydrogen-bond donors (Lipinski definition) is 0. The lowest BCUT2D eigenvalue weighted by Gasteiger charge is -2.27. The van der Waals surface area contributed by atoms with Crippen LogP contribution in [0.25, 0.3) is 0 Å². The van der Waals surface area contributed by atoms with E-state index < -0.39 is 0 Å². The van der Waals surface area contributed by atoms with Gasteiger partial charge in [0.25, 0.3) is 0 Å². The van der Waals surface area contributed by atoms with Crippen molar-refractivity contribution in [1.29, 1.82) is 0 Å². The Hall–Kier alpha value is -1.31. The number of aryl methyl sites for hydroxylation is 1. The molecule has 2 heteroatoms. The lowest BCUT2D eigenvalue weighted by Crippen LogP contribution is -2.31. The number of Topliss-reactive ketones (excluding diaryl/α,β-unsaturated/α-hetero) is 1. The van der Waals surface area contributed by atoms with Crippen LogP contribution in [0, 0.1) is 12.8 Å². The molecule has 0 spiro atoms. The topological polar surface area (TPSA) is 20.3 Å². The molecule has 0 amide bonds. The molecule has 0 N–H and O–H groups in total. The van der Waals surface area contributed by atoms with Crippen molar-refractivity contribution in [3.8, 4) is 0 Å². The average Bonchev–Trinajstić information content (AvgIpc) is 2.73. The Morgan fingerprint density at radius 3 is 2.71 bits per heavy atom. The first-order chi connectivity index (χ1) is 8.22. The molecule has 0 bridgehead atoms. The lowest BCUT2D eigenvalue weighted by atomic mass is 10.1. The molecule has 1 atom stereocenters. The molecule has 0 radical (unpaired) electrons. The Bertz CT molecular complexity index is 400. The SMILES string of the molecule is CCN(CC1CCCC1=O)c1ccccc1C. The van der Waals surface area contributed by atoms with Gasteiger partial charge in [0, 0.05) is 31.1 Å². The van der Waals surface area contributed by atoms with Gasteiger partial charge >= 0.3 is 0 Å². The third kappa shape index (κ3) is 2.68. The number of hydrogen-bond acceptors (Lipinski definition) is 2. The van der Waals surface area contributed by atoms with Gasteiger partial charge in [-0.15, -0.1) is 0 Å². The smallest absolute Gasteiger partial charge is 0.137 e. The van der Waals surface area contributed by atoms with Crippen LogP contribution in [0.5, 0.6) is 0 Å². The number of carbonyl (C=O) groups is 1. The Balaban J connectivity index is 2.11. The van der Waals surface area contributed by atoms with Crippen molar-refractivity contribution in [1.82, 2.24) is 0 Å². The maximum absolute atomic E-state index is 11.7. The summed E-state index contributed by atoms with van der Waals surface area (Å²) >= 11 is 0. The number of para-hydroxylation sites is 1. The predicted octanol–water partition coefficient (Wildman–Crippen LogP) is 3.19. The normalized spacial score (nSPS) is 19.6. The van der Waals surface area contributed by atoms with E-state index in [1.807, 2.05) is 0 Å². The molecule has 1 aromatic rings. The second-order valence-electron chi connectivity index (χ2n) is 4.88. The standard InChI is InChI=1S/C15H21NO/c1-3-16(11-13-8-6-10-15(13)17)14-9-5-4-7-12(14)2/h4-5,7,9,13H,3,6,8,10-11H2,1-2H3. The summed E-state index contributed by atoms with van der Waals surface area (Å²) in [5.74, 6) is 0.714. The van der Waals surface area contributed by atoms with Gasteiger partial charge in [-0.2, -0.15) is 0 Å². The molecule has 1 fully saturated rings. The van der Waals surface area contributed by atoms with Crippen LogP contribution in [-0.4, -0.2) is 18.9 Å². The number of rotatable bonds is 4. The van der Waals surface area contributed by atoms with Crippen LogP contribution in [0.3, 0.4) is 0 Å². The van der Waals surface area contributed by atoms with Gasteiger partial charge in [-0.25, -0.2) is 0 Å². The van der Waals surface area contributed by atoms with E-state index in [-0.39, 0.29) is 5.92 Å². The van der Waals surface area contributed by atoms with Crippen molar-refractivity contribution in [2.75, 3.05) is 18.0 Å². The number of nitrogens with zero attached hydrogens (tertiary/aromatic N) is 1. The zero-order valence-electron chi connectivity index (χ0n) is 10.8. The fourth-order valence-electron chi connectivity index (χ4n) is 2.66. The number of ketones is 1. The van der Waals surface area contributed by atoms with Gasteiger partial charge in [0.1, 0.15) is 5.78 Å². The first kappa shape index (κ1) is 12.2. The van der Waals surface area contributed by atoms with Crippen LogP contribution in [0.4, 0.5) is 5.69 Å². The quantitative estimate of drug-likeness (QED) is 0.793. The van der Waals surface area contributed by atoms with Gasteiger partial charge in [-0.1, -0.05) is 18.2 Å². The van der Waals surface area contributed by atoms with Gasteiger partial charge in [0.15, 0.2) is 0 Å². The highest BCUT2D eigenvalue weighted by Gasteiger charge is 2.26. The number of benzene rings is 1. The third-order valence-electron chi connectivity index (χ3n) is 3.71. The van der Waals surface area contributed by atoms with Crippen LogP contribution in [-0.2, 0) is 4.79 Å². The van der Waals surface area contributed by atoms with Crippen LogP contribution in [0.1, 0.15) is 31.7 Å². The van der Waals surface area contributed by atoms with Gasteiger partial charge in [-0.05, 0) is 38.3 Å². The minimum absolute atomic E-state index is 0.259. The van der Waals surface area contributed by atoms with Crippen LogP contribution < -0.4 is 4.90 Å². The van der Waals surface area contributed by atoms with Crippen molar-refractivity contribution in [2.45, 2.75) is 33.1 Å². The van der Waals surface area contributed by atoms with E-state index >= 15 is 0 Å². The summed E-state index contributed by atoms with van der Waals surface area (Å²) in [6.07, 6.45) is 2.94. The molecule has 17 heavy (non-hydrogen) atoms. The highest BCUT2D eigenvalue weighted by atomic mass is 16.1. The molecule has 0 saturated heterocycles. The van der Waals surface area contributed by atoms with E-state index in [4.69, 9.17) is 0 Å². The summed E-state index contributed by atoms with van der Waals surface area (Å²) in [6, 6.07) is 8.42. The molecule has 0 aromatic heterocycles. The van der Waals surface area contributed by atoms with E-state index in [1.54, 1.807) is 0 Å². The molecule has 0 heterocycles. The van der Waals surface area contributed by atoms with Crippen LogP contribution >= 0.6 is 0 Å². The summed E-state index contributed by atoms with van der Waals surface area (Å²) in [7, 11) is 0. The van der Waals surface area contributed by atoms with Gasteiger partial charge in [0.05, 0.1) is 0 Å². The number of anilines is 1. The molecule has 1 aromatic carbocycles. The van der Waals surface area contributed by atoms with Crippen LogP contribution in [0.2, 0.25) is 0 Å². The van der Waals surface area contributed by atoms with Gasteiger partial charge in [-0.3, -0.25) is 4.79 Å². The van der Waals surface area contributed by atoms with Crippen molar-refractivity contribution >= 4 is 11.5 Å². The Labute approximate surface area is 104 Å².